The smallest absolute Gasteiger partial charge is 0.281 e. The molecule has 1 fully saturated rings. The standard InChI is InChI=1S/C12H26N2O3S/c1-11-6-4-7-12(10-11)14(3)18(16,17)13(2)8-5-9-15/h11-12,15H,4-10H2,1-3H3. The summed E-state index contributed by atoms with van der Waals surface area (Å²) < 4.78 is 27.5. The highest BCUT2D eigenvalue weighted by Gasteiger charge is 2.32. The maximum absolute atomic E-state index is 12.3. The quantitative estimate of drug-likeness (QED) is 0.790. The molecule has 0 saturated heterocycles. The van der Waals surface area contributed by atoms with Crippen molar-refractivity contribution in [3.63, 3.8) is 0 Å². The van der Waals surface area contributed by atoms with Gasteiger partial charge in [0.25, 0.3) is 10.2 Å². The number of rotatable bonds is 6. The van der Waals surface area contributed by atoms with Gasteiger partial charge in [-0.05, 0) is 25.2 Å². The van der Waals surface area contributed by atoms with Gasteiger partial charge in [-0.25, -0.2) is 0 Å². The molecule has 5 nitrogen and oxygen atoms in total. The van der Waals surface area contributed by atoms with E-state index < -0.39 is 10.2 Å². The fourth-order valence-electron chi connectivity index (χ4n) is 2.55. The molecule has 0 heterocycles. The molecule has 0 aromatic rings. The topological polar surface area (TPSA) is 60.9 Å². The van der Waals surface area contributed by atoms with Gasteiger partial charge in [-0.2, -0.15) is 17.0 Å². The first kappa shape index (κ1) is 15.9. The summed E-state index contributed by atoms with van der Waals surface area (Å²) >= 11 is 0. The van der Waals surface area contributed by atoms with E-state index in [1.807, 2.05) is 0 Å². The van der Waals surface area contributed by atoms with Crippen LogP contribution < -0.4 is 0 Å². The number of nitrogens with zero attached hydrogens (tertiary/aromatic N) is 2. The van der Waals surface area contributed by atoms with Crippen molar-refractivity contribution in [2.75, 3.05) is 27.2 Å². The minimum absolute atomic E-state index is 0.0179. The molecule has 1 aliphatic carbocycles. The Labute approximate surface area is 111 Å². The van der Waals surface area contributed by atoms with Crippen LogP contribution in [0, 0.1) is 5.92 Å². The zero-order valence-electron chi connectivity index (χ0n) is 11.7. The molecular weight excluding hydrogens is 252 g/mol. The van der Waals surface area contributed by atoms with E-state index in [4.69, 9.17) is 5.11 Å². The molecule has 108 valence electrons. The lowest BCUT2D eigenvalue weighted by atomic mass is 9.87. The monoisotopic (exact) mass is 278 g/mol. The third kappa shape index (κ3) is 3.91. The second-order valence-corrected chi connectivity index (χ2v) is 7.44. The van der Waals surface area contributed by atoms with Crippen LogP contribution in [0.1, 0.15) is 39.0 Å². The van der Waals surface area contributed by atoms with E-state index in [2.05, 4.69) is 6.92 Å². The molecule has 2 atom stereocenters. The predicted octanol–water partition coefficient (Wildman–Crippen LogP) is 1.06. The molecule has 1 rings (SSSR count). The summed E-state index contributed by atoms with van der Waals surface area (Å²) in [6, 6.07) is 0.121. The van der Waals surface area contributed by atoms with E-state index in [-0.39, 0.29) is 12.6 Å². The highest BCUT2D eigenvalue weighted by molar-refractivity contribution is 7.86. The molecule has 1 N–H and O–H groups in total. The number of hydrogen-bond donors (Lipinski definition) is 1. The van der Waals surface area contributed by atoms with Gasteiger partial charge in [0.2, 0.25) is 0 Å². The summed E-state index contributed by atoms with van der Waals surface area (Å²) in [6.45, 7) is 2.57. The lowest BCUT2D eigenvalue weighted by Gasteiger charge is -2.35. The summed E-state index contributed by atoms with van der Waals surface area (Å²) in [5.41, 5.74) is 0. The average molecular weight is 278 g/mol. The van der Waals surface area contributed by atoms with Crippen LogP contribution in [0.2, 0.25) is 0 Å². The van der Waals surface area contributed by atoms with E-state index in [0.29, 0.717) is 18.9 Å². The van der Waals surface area contributed by atoms with Crippen molar-refractivity contribution in [1.29, 1.82) is 0 Å². The van der Waals surface area contributed by atoms with Gasteiger partial charge in [0.15, 0.2) is 0 Å². The molecule has 1 saturated carbocycles. The Morgan fingerprint density at radius 3 is 2.50 bits per heavy atom. The molecular formula is C12H26N2O3S. The van der Waals surface area contributed by atoms with Crippen LogP contribution in [0.5, 0.6) is 0 Å². The third-order valence-corrected chi connectivity index (χ3v) is 5.81. The highest BCUT2D eigenvalue weighted by atomic mass is 32.2. The molecule has 1 aliphatic rings. The molecule has 0 aliphatic heterocycles. The highest BCUT2D eigenvalue weighted by Crippen LogP contribution is 2.28. The predicted molar refractivity (Wildman–Crippen MR) is 72.4 cm³/mol. The van der Waals surface area contributed by atoms with Gasteiger partial charge < -0.3 is 5.11 Å². The lowest BCUT2D eigenvalue weighted by molar-refractivity contribution is 0.225. The fourth-order valence-corrected chi connectivity index (χ4v) is 3.92. The van der Waals surface area contributed by atoms with Crippen molar-refractivity contribution in [2.24, 2.45) is 5.92 Å². The van der Waals surface area contributed by atoms with Gasteiger partial charge in [0.05, 0.1) is 0 Å². The molecule has 18 heavy (non-hydrogen) atoms. The van der Waals surface area contributed by atoms with E-state index in [1.54, 1.807) is 14.1 Å². The molecule has 0 spiro atoms. The summed E-state index contributed by atoms with van der Waals surface area (Å²) in [5, 5.41) is 8.77. The Balaban J connectivity index is 2.65. The van der Waals surface area contributed by atoms with E-state index in [9.17, 15) is 8.42 Å². The molecule has 0 aromatic carbocycles. The largest absolute Gasteiger partial charge is 0.396 e. The molecule has 2 unspecified atom stereocenters. The van der Waals surface area contributed by atoms with Crippen LogP contribution in [-0.4, -0.2) is 55.4 Å². The summed E-state index contributed by atoms with van der Waals surface area (Å²) in [5.74, 6) is 0.601. The summed E-state index contributed by atoms with van der Waals surface area (Å²) in [7, 11) is -0.128. The van der Waals surface area contributed by atoms with Crippen LogP contribution in [0.25, 0.3) is 0 Å². The fraction of sp³-hybridized carbons (Fsp3) is 1.00. The summed E-state index contributed by atoms with van der Waals surface area (Å²) in [4.78, 5) is 0. The van der Waals surface area contributed by atoms with Gasteiger partial charge in [-0.15, -0.1) is 0 Å². The van der Waals surface area contributed by atoms with Crippen molar-refractivity contribution in [3.05, 3.63) is 0 Å². The summed E-state index contributed by atoms with van der Waals surface area (Å²) in [6.07, 6.45) is 4.68. The number of aliphatic hydroxyl groups is 1. The Morgan fingerprint density at radius 1 is 1.28 bits per heavy atom. The molecule has 0 amide bonds. The van der Waals surface area contributed by atoms with Gasteiger partial charge in [-0.1, -0.05) is 19.8 Å². The Bertz CT molecular complexity index is 345. The van der Waals surface area contributed by atoms with Crippen LogP contribution in [0.3, 0.4) is 0 Å². The zero-order chi connectivity index (χ0) is 13.8. The second-order valence-electron chi connectivity index (χ2n) is 5.35. The first-order chi connectivity index (χ1) is 8.39. The Kier molecular flexibility index (Phi) is 6.04. The van der Waals surface area contributed by atoms with Crippen molar-refractivity contribution in [1.82, 2.24) is 8.61 Å². The average Bonchev–Trinajstić information content (AvgIpc) is 2.34. The first-order valence-electron chi connectivity index (χ1n) is 6.69. The molecule has 0 radical (unpaired) electrons. The van der Waals surface area contributed by atoms with E-state index in [0.717, 1.165) is 19.3 Å². The van der Waals surface area contributed by atoms with Crippen LogP contribution in [0.4, 0.5) is 0 Å². The SMILES string of the molecule is CC1CCCC(N(C)S(=O)(=O)N(C)CCCO)C1. The van der Waals surface area contributed by atoms with Gasteiger partial charge >= 0.3 is 0 Å². The van der Waals surface area contributed by atoms with Crippen molar-refractivity contribution >= 4 is 10.2 Å². The maximum Gasteiger partial charge on any atom is 0.281 e. The maximum atomic E-state index is 12.3. The normalized spacial score (nSPS) is 25.9. The number of aliphatic hydroxyl groups excluding tert-OH is 1. The van der Waals surface area contributed by atoms with Gasteiger partial charge in [0, 0.05) is 33.3 Å². The van der Waals surface area contributed by atoms with Crippen molar-refractivity contribution in [3.8, 4) is 0 Å². The first-order valence-corrected chi connectivity index (χ1v) is 8.09. The van der Waals surface area contributed by atoms with Crippen LogP contribution >= 0.6 is 0 Å². The Hall–Kier alpha value is -0.170. The van der Waals surface area contributed by atoms with Gasteiger partial charge in [-0.3, -0.25) is 0 Å². The van der Waals surface area contributed by atoms with E-state index >= 15 is 0 Å². The minimum Gasteiger partial charge on any atom is -0.396 e. The minimum atomic E-state index is -3.38. The molecule has 0 aromatic heterocycles. The van der Waals surface area contributed by atoms with Gasteiger partial charge in [0.1, 0.15) is 0 Å². The van der Waals surface area contributed by atoms with E-state index in [1.165, 1.54) is 15.0 Å². The third-order valence-electron chi connectivity index (χ3n) is 3.81. The Morgan fingerprint density at radius 2 is 1.94 bits per heavy atom. The van der Waals surface area contributed by atoms with Crippen LogP contribution in [0.15, 0.2) is 0 Å². The zero-order valence-corrected chi connectivity index (χ0v) is 12.5. The number of hydrogen-bond acceptors (Lipinski definition) is 3. The van der Waals surface area contributed by atoms with Crippen LogP contribution in [-0.2, 0) is 10.2 Å². The van der Waals surface area contributed by atoms with Crippen molar-refractivity contribution in [2.45, 2.75) is 45.1 Å². The molecule has 6 heteroatoms. The second kappa shape index (κ2) is 6.84. The molecule has 0 bridgehead atoms. The lowest BCUT2D eigenvalue weighted by Crippen LogP contribution is -2.46. The van der Waals surface area contributed by atoms with Crippen molar-refractivity contribution < 1.29 is 13.5 Å².